The van der Waals surface area contributed by atoms with E-state index in [1.165, 1.54) is 11.3 Å². The summed E-state index contributed by atoms with van der Waals surface area (Å²) >= 11 is 5.09. The fourth-order valence-electron chi connectivity index (χ4n) is 2.58. The van der Waals surface area contributed by atoms with Crippen LogP contribution in [0.5, 0.6) is 5.75 Å². The monoisotopic (exact) mass is 421 g/mol. The Bertz CT molecular complexity index is 882. The standard InChI is InChI=1S/C18H20BrN3O2S/c1-22(2)12-6-4-5-11(9-12)14(10-23)20-18-21-16-15(24-3)8-7-13(19)17(16)25-18/h4-9,14,23H,10H2,1-3H3,(H,20,21)/t14-/m0/s1. The third-order valence-electron chi connectivity index (χ3n) is 3.95. The van der Waals surface area contributed by atoms with Crippen LogP contribution < -0.4 is 15.0 Å². The minimum atomic E-state index is -0.231. The van der Waals surface area contributed by atoms with Crippen LogP contribution >= 0.6 is 27.3 Å². The van der Waals surface area contributed by atoms with Gasteiger partial charge in [-0.25, -0.2) is 4.98 Å². The molecule has 5 nitrogen and oxygen atoms in total. The van der Waals surface area contributed by atoms with Crippen molar-refractivity contribution in [2.75, 3.05) is 38.0 Å². The topological polar surface area (TPSA) is 57.6 Å². The zero-order chi connectivity index (χ0) is 18.0. The molecule has 25 heavy (non-hydrogen) atoms. The van der Waals surface area contributed by atoms with Crippen LogP contribution in [-0.4, -0.2) is 37.9 Å². The first-order valence-electron chi connectivity index (χ1n) is 7.81. The predicted molar refractivity (Wildman–Crippen MR) is 108 cm³/mol. The summed E-state index contributed by atoms with van der Waals surface area (Å²) < 4.78 is 7.38. The number of hydrogen-bond acceptors (Lipinski definition) is 6. The SMILES string of the molecule is COc1ccc(Br)c2sc(N[C@@H](CO)c3cccc(N(C)C)c3)nc12. The quantitative estimate of drug-likeness (QED) is 0.621. The number of nitrogens with one attached hydrogen (secondary N) is 1. The first-order valence-corrected chi connectivity index (χ1v) is 9.42. The van der Waals surface area contributed by atoms with E-state index in [4.69, 9.17) is 4.74 Å². The molecule has 0 spiro atoms. The fourth-order valence-corrected chi connectivity index (χ4v) is 4.08. The molecule has 0 saturated carbocycles. The van der Waals surface area contributed by atoms with E-state index >= 15 is 0 Å². The normalized spacial score (nSPS) is 12.2. The molecule has 1 heterocycles. The molecule has 1 atom stereocenters. The Hall–Kier alpha value is -1.83. The van der Waals surface area contributed by atoms with E-state index in [0.717, 1.165) is 36.8 Å². The second-order valence-electron chi connectivity index (χ2n) is 5.82. The van der Waals surface area contributed by atoms with Crippen LogP contribution in [-0.2, 0) is 0 Å². The molecule has 0 aliphatic carbocycles. The number of benzene rings is 2. The van der Waals surface area contributed by atoms with Crippen molar-refractivity contribution in [1.29, 1.82) is 0 Å². The lowest BCUT2D eigenvalue weighted by molar-refractivity contribution is 0.276. The van der Waals surface area contributed by atoms with Crippen molar-refractivity contribution in [2.24, 2.45) is 0 Å². The number of methoxy groups -OCH3 is 1. The number of ether oxygens (including phenoxy) is 1. The van der Waals surface area contributed by atoms with Gasteiger partial charge in [0.05, 0.1) is 24.5 Å². The third kappa shape index (κ3) is 3.73. The molecule has 7 heteroatoms. The minimum Gasteiger partial charge on any atom is -0.494 e. The fraction of sp³-hybridized carbons (Fsp3) is 0.278. The van der Waals surface area contributed by atoms with E-state index < -0.39 is 0 Å². The molecule has 0 aliphatic rings. The van der Waals surface area contributed by atoms with Crippen LogP contribution in [0.3, 0.4) is 0 Å². The van der Waals surface area contributed by atoms with Crippen LogP contribution in [0.2, 0.25) is 0 Å². The molecule has 0 radical (unpaired) electrons. The highest BCUT2D eigenvalue weighted by Crippen LogP contribution is 2.38. The van der Waals surface area contributed by atoms with Crippen LogP contribution in [0.25, 0.3) is 10.2 Å². The molecule has 2 aromatic carbocycles. The lowest BCUT2D eigenvalue weighted by atomic mass is 10.1. The molecule has 2 N–H and O–H groups in total. The Kier molecular flexibility index (Phi) is 5.46. The lowest BCUT2D eigenvalue weighted by Crippen LogP contribution is -2.16. The summed E-state index contributed by atoms with van der Waals surface area (Å²) in [6.45, 7) is -0.0227. The molecule has 3 aromatic rings. The summed E-state index contributed by atoms with van der Waals surface area (Å²) in [6, 6.07) is 11.7. The van der Waals surface area contributed by atoms with Gasteiger partial charge in [-0.2, -0.15) is 0 Å². The Labute approximate surface area is 159 Å². The van der Waals surface area contributed by atoms with E-state index in [9.17, 15) is 5.11 Å². The van der Waals surface area contributed by atoms with Gasteiger partial charge in [-0.1, -0.05) is 23.5 Å². The predicted octanol–water partition coefficient (Wildman–Crippen LogP) is 4.28. The summed E-state index contributed by atoms with van der Waals surface area (Å²) in [6.07, 6.45) is 0. The first-order chi connectivity index (χ1) is 12.0. The summed E-state index contributed by atoms with van der Waals surface area (Å²) in [4.78, 5) is 6.69. The number of aromatic nitrogens is 1. The van der Waals surface area contributed by atoms with Gasteiger partial charge in [0.15, 0.2) is 5.13 Å². The second kappa shape index (κ2) is 7.59. The van der Waals surface area contributed by atoms with Gasteiger partial charge in [-0.3, -0.25) is 0 Å². The van der Waals surface area contributed by atoms with Crippen molar-refractivity contribution in [2.45, 2.75) is 6.04 Å². The highest BCUT2D eigenvalue weighted by molar-refractivity contribution is 9.10. The first kappa shape index (κ1) is 18.0. The smallest absolute Gasteiger partial charge is 0.184 e. The maximum absolute atomic E-state index is 9.87. The van der Waals surface area contributed by atoms with Crippen LogP contribution in [0.15, 0.2) is 40.9 Å². The molecule has 0 amide bonds. The number of fused-ring (bicyclic) bond motifs is 1. The molecule has 0 aliphatic heterocycles. The average Bonchev–Trinajstić information content (AvgIpc) is 3.05. The Morgan fingerprint density at radius 1 is 1.32 bits per heavy atom. The van der Waals surface area contributed by atoms with E-state index in [-0.39, 0.29) is 12.6 Å². The number of rotatable bonds is 6. The molecule has 1 aromatic heterocycles. The van der Waals surface area contributed by atoms with Gasteiger partial charge in [0.1, 0.15) is 11.3 Å². The van der Waals surface area contributed by atoms with Gasteiger partial charge in [-0.15, -0.1) is 0 Å². The number of halogens is 1. The van der Waals surface area contributed by atoms with Crippen LogP contribution in [0, 0.1) is 0 Å². The van der Waals surface area contributed by atoms with E-state index in [0.29, 0.717) is 0 Å². The number of aliphatic hydroxyl groups excluding tert-OH is 1. The summed E-state index contributed by atoms with van der Waals surface area (Å²) in [5.74, 6) is 0.734. The molecular weight excluding hydrogens is 402 g/mol. The maximum atomic E-state index is 9.87. The van der Waals surface area contributed by atoms with Crippen LogP contribution in [0.4, 0.5) is 10.8 Å². The minimum absolute atomic E-state index is 0.0227. The average molecular weight is 422 g/mol. The Morgan fingerprint density at radius 3 is 2.80 bits per heavy atom. The molecular formula is C18H20BrN3O2S. The zero-order valence-corrected chi connectivity index (χ0v) is 16.7. The molecule has 0 saturated heterocycles. The number of anilines is 2. The third-order valence-corrected chi connectivity index (χ3v) is 5.89. The van der Waals surface area contributed by atoms with E-state index in [2.05, 4.69) is 32.3 Å². The van der Waals surface area contributed by atoms with Crippen molar-refractivity contribution in [3.05, 3.63) is 46.4 Å². The highest BCUT2D eigenvalue weighted by Gasteiger charge is 2.16. The van der Waals surface area contributed by atoms with Gasteiger partial charge < -0.3 is 20.1 Å². The Morgan fingerprint density at radius 2 is 2.12 bits per heavy atom. The number of nitrogens with zero attached hydrogens (tertiary/aromatic N) is 2. The largest absolute Gasteiger partial charge is 0.494 e. The van der Waals surface area contributed by atoms with E-state index in [1.54, 1.807) is 7.11 Å². The zero-order valence-electron chi connectivity index (χ0n) is 14.3. The summed E-state index contributed by atoms with van der Waals surface area (Å²) in [5.41, 5.74) is 2.91. The van der Waals surface area contributed by atoms with Crippen LogP contribution in [0.1, 0.15) is 11.6 Å². The number of aliphatic hydroxyl groups is 1. The second-order valence-corrected chi connectivity index (χ2v) is 7.67. The summed E-state index contributed by atoms with van der Waals surface area (Å²) in [5, 5.41) is 14.0. The van der Waals surface area contributed by atoms with Crippen molar-refractivity contribution in [3.63, 3.8) is 0 Å². The van der Waals surface area contributed by atoms with Crippen molar-refractivity contribution < 1.29 is 9.84 Å². The number of thiazole rings is 1. The molecule has 0 fully saturated rings. The van der Waals surface area contributed by atoms with Gasteiger partial charge in [0.25, 0.3) is 0 Å². The lowest BCUT2D eigenvalue weighted by Gasteiger charge is -2.19. The highest BCUT2D eigenvalue weighted by atomic mass is 79.9. The van der Waals surface area contributed by atoms with Gasteiger partial charge in [-0.05, 0) is 45.8 Å². The van der Waals surface area contributed by atoms with Gasteiger partial charge >= 0.3 is 0 Å². The van der Waals surface area contributed by atoms with Gasteiger partial charge in [0, 0.05) is 24.3 Å². The molecule has 3 rings (SSSR count). The van der Waals surface area contributed by atoms with E-state index in [1.807, 2.05) is 49.3 Å². The maximum Gasteiger partial charge on any atom is 0.184 e. The Balaban J connectivity index is 1.93. The van der Waals surface area contributed by atoms with Gasteiger partial charge in [0.2, 0.25) is 0 Å². The molecule has 0 bridgehead atoms. The van der Waals surface area contributed by atoms with Crippen molar-refractivity contribution >= 4 is 48.3 Å². The summed E-state index contributed by atoms with van der Waals surface area (Å²) in [7, 11) is 5.63. The van der Waals surface area contributed by atoms with Crippen molar-refractivity contribution in [1.82, 2.24) is 4.98 Å². The molecule has 0 unspecified atom stereocenters. The number of hydrogen-bond donors (Lipinski definition) is 2. The molecule has 132 valence electrons. The van der Waals surface area contributed by atoms with Crippen molar-refractivity contribution in [3.8, 4) is 5.75 Å².